The van der Waals surface area contributed by atoms with E-state index in [0.717, 1.165) is 59.5 Å². The summed E-state index contributed by atoms with van der Waals surface area (Å²) in [6.07, 6.45) is 2.08. The molecule has 170 valence electrons. The molecule has 33 heavy (non-hydrogen) atoms. The monoisotopic (exact) mass is 460 g/mol. The number of benzene rings is 3. The van der Waals surface area contributed by atoms with Crippen molar-refractivity contribution in [2.75, 3.05) is 28.6 Å². The Morgan fingerprint density at radius 3 is 2.24 bits per heavy atom. The van der Waals surface area contributed by atoms with Crippen LogP contribution in [0.15, 0.2) is 72.8 Å². The van der Waals surface area contributed by atoms with E-state index in [1.54, 1.807) is 18.2 Å². The molecule has 3 aromatic carbocycles. The lowest BCUT2D eigenvalue weighted by Crippen LogP contribution is -2.27. The molecule has 0 atom stereocenters. The van der Waals surface area contributed by atoms with Crippen LogP contribution in [0.1, 0.15) is 26.7 Å². The molecule has 0 amide bonds. The summed E-state index contributed by atoms with van der Waals surface area (Å²) in [4.78, 5) is 5.91. The second kappa shape index (κ2) is 10.5. The SMILES string of the molecule is CCCN(CCC)c1cc2cc(-c3ccccc3)[nH]c2cc1NC(=S)Nc1ccccc1F. The predicted octanol–water partition coefficient (Wildman–Crippen LogP) is 7.41. The molecule has 0 saturated carbocycles. The van der Waals surface area contributed by atoms with E-state index in [1.165, 1.54) is 6.07 Å². The summed E-state index contributed by atoms with van der Waals surface area (Å²) in [6, 6.07) is 23.3. The predicted molar refractivity (Wildman–Crippen MR) is 143 cm³/mol. The summed E-state index contributed by atoms with van der Waals surface area (Å²) in [5, 5.41) is 7.79. The van der Waals surface area contributed by atoms with Gasteiger partial charge in [0.2, 0.25) is 0 Å². The molecule has 6 heteroatoms. The number of halogens is 1. The maximum absolute atomic E-state index is 14.1. The van der Waals surface area contributed by atoms with Crippen LogP contribution in [0.3, 0.4) is 0 Å². The van der Waals surface area contributed by atoms with Crippen LogP contribution >= 0.6 is 12.2 Å². The highest BCUT2D eigenvalue weighted by Gasteiger charge is 2.15. The maximum Gasteiger partial charge on any atom is 0.175 e. The highest BCUT2D eigenvalue weighted by atomic mass is 32.1. The number of hydrogen-bond donors (Lipinski definition) is 3. The van der Waals surface area contributed by atoms with Crippen molar-refractivity contribution in [3.05, 3.63) is 78.6 Å². The number of anilines is 3. The lowest BCUT2D eigenvalue weighted by atomic mass is 10.1. The molecule has 0 unspecified atom stereocenters. The Hall–Kier alpha value is -3.38. The largest absolute Gasteiger partial charge is 0.370 e. The van der Waals surface area contributed by atoms with Crippen LogP contribution in [-0.2, 0) is 0 Å². The van der Waals surface area contributed by atoms with Gasteiger partial charge in [-0.2, -0.15) is 0 Å². The average molecular weight is 461 g/mol. The zero-order chi connectivity index (χ0) is 23.2. The standard InChI is InChI=1S/C27H29FN4S/c1-3-14-32(15-4-2)26-17-20-16-23(19-10-6-5-7-11-19)29-24(20)18-25(26)31-27(33)30-22-13-9-8-12-21(22)28/h5-13,16-18,29H,3-4,14-15H2,1-2H3,(H2,30,31,33). The van der Waals surface area contributed by atoms with Gasteiger partial charge in [0, 0.05) is 29.7 Å². The Bertz CT molecular complexity index is 1230. The van der Waals surface area contributed by atoms with E-state index in [2.05, 4.69) is 64.7 Å². The van der Waals surface area contributed by atoms with Crippen molar-refractivity contribution >= 4 is 45.3 Å². The summed E-state index contributed by atoms with van der Waals surface area (Å²) in [7, 11) is 0. The number of para-hydroxylation sites is 1. The molecule has 0 radical (unpaired) electrons. The fraction of sp³-hybridized carbons (Fsp3) is 0.222. The third kappa shape index (κ3) is 5.34. The van der Waals surface area contributed by atoms with Gasteiger partial charge in [0.1, 0.15) is 5.82 Å². The van der Waals surface area contributed by atoms with Gasteiger partial charge in [-0.05, 0) is 61.0 Å². The molecule has 0 saturated heterocycles. The van der Waals surface area contributed by atoms with Crippen molar-refractivity contribution in [1.29, 1.82) is 0 Å². The molecule has 0 aliphatic heterocycles. The highest BCUT2D eigenvalue weighted by molar-refractivity contribution is 7.80. The summed E-state index contributed by atoms with van der Waals surface area (Å²) in [5.74, 6) is -0.340. The minimum Gasteiger partial charge on any atom is -0.370 e. The Kier molecular flexibility index (Phi) is 7.25. The molecule has 0 fully saturated rings. The molecule has 0 bridgehead atoms. The van der Waals surface area contributed by atoms with Crippen LogP contribution in [-0.4, -0.2) is 23.2 Å². The lowest BCUT2D eigenvalue weighted by Gasteiger charge is -2.27. The van der Waals surface area contributed by atoms with E-state index in [4.69, 9.17) is 12.2 Å². The average Bonchev–Trinajstić information content (AvgIpc) is 3.23. The van der Waals surface area contributed by atoms with Gasteiger partial charge in [0.05, 0.1) is 17.1 Å². The number of H-pyrrole nitrogens is 1. The topological polar surface area (TPSA) is 43.1 Å². The molecule has 1 heterocycles. The lowest BCUT2D eigenvalue weighted by molar-refractivity contribution is 0.632. The summed E-state index contributed by atoms with van der Waals surface area (Å²) < 4.78 is 14.1. The minimum atomic E-state index is -0.340. The zero-order valence-electron chi connectivity index (χ0n) is 19.0. The number of fused-ring (bicyclic) bond motifs is 1. The Morgan fingerprint density at radius 2 is 1.55 bits per heavy atom. The summed E-state index contributed by atoms with van der Waals surface area (Å²) >= 11 is 5.54. The number of nitrogens with zero attached hydrogens (tertiary/aromatic N) is 1. The quantitative estimate of drug-likeness (QED) is 0.240. The van der Waals surface area contributed by atoms with Crippen LogP contribution in [0, 0.1) is 5.82 Å². The third-order valence-electron chi connectivity index (χ3n) is 5.52. The number of rotatable bonds is 8. The first-order valence-corrected chi connectivity index (χ1v) is 11.8. The normalized spacial score (nSPS) is 10.9. The van der Waals surface area contributed by atoms with Crippen molar-refractivity contribution in [2.24, 2.45) is 0 Å². The molecule has 4 nitrogen and oxygen atoms in total. The van der Waals surface area contributed by atoms with Crippen LogP contribution in [0.2, 0.25) is 0 Å². The summed E-state index contributed by atoms with van der Waals surface area (Å²) in [6.45, 7) is 6.25. The highest BCUT2D eigenvalue weighted by Crippen LogP contribution is 2.34. The smallest absolute Gasteiger partial charge is 0.175 e. The van der Waals surface area contributed by atoms with Crippen molar-refractivity contribution in [1.82, 2.24) is 4.98 Å². The first kappa shape index (κ1) is 22.8. The molecule has 0 aliphatic rings. The Labute approximate surface area is 199 Å². The number of aromatic nitrogens is 1. The van der Waals surface area contributed by atoms with Gasteiger partial charge in [-0.25, -0.2) is 4.39 Å². The Morgan fingerprint density at radius 1 is 0.879 bits per heavy atom. The zero-order valence-corrected chi connectivity index (χ0v) is 19.8. The van der Waals surface area contributed by atoms with Crippen molar-refractivity contribution in [3.63, 3.8) is 0 Å². The molecule has 0 aliphatic carbocycles. The fourth-order valence-electron chi connectivity index (χ4n) is 4.03. The van der Waals surface area contributed by atoms with Crippen LogP contribution in [0.4, 0.5) is 21.5 Å². The summed E-state index contributed by atoms with van der Waals surface area (Å²) in [5.41, 5.74) is 5.55. The molecule has 0 spiro atoms. The van der Waals surface area contributed by atoms with Crippen LogP contribution in [0.25, 0.3) is 22.2 Å². The van der Waals surface area contributed by atoms with E-state index in [0.29, 0.717) is 10.8 Å². The van der Waals surface area contributed by atoms with Gasteiger partial charge >= 0.3 is 0 Å². The van der Waals surface area contributed by atoms with Crippen molar-refractivity contribution < 1.29 is 4.39 Å². The van der Waals surface area contributed by atoms with Crippen LogP contribution in [0.5, 0.6) is 0 Å². The minimum absolute atomic E-state index is 0.340. The number of thiocarbonyl (C=S) groups is 1. The molecule has 4 rings (SSSR count). The molecule has 1 aromatic heterocycles. The first-order valence-electron chi connectivity index (χ1n) is 11.4. The van der Waals surface area contributed by atoms with Crippen molar-refractivity contribution in [3.8, 4) is 11.3 Å². The van der Waals surface area contributed by atoms with E-state index in [-0.39, 0.29) is 5.82 Å². The van der Waals surface area contributed by atoms with Gasteiger partial charge in [-0.3, -0.25) is 0 Å². The molecular weight excluding hydrogens is 431 g/mol. The van der Waals surface area contributed by atoms with Gasteiger partial charge < -0.3 is 20.5 Å². The number of aromatic amines is 1. The molecule has 3 N–H and O–H groups in total. The fourth-order valence-corrected chi connectivity index (χ4v) is 4.25. The van der Waals surface area contributed by atoms with Gasteiger partial charge in [-0.15, -0.1) is 0 Å². The molecular formula is C27H29FN4S. The van der Waals surface area contributed by atoms with E-state index >= 15 is 0 Å². The van der Waals surface area contributed by atoms with E-state index in [9.17, 15) is 4.39 Å². The third-order valence-corrected chi connectivity index (χ3v) is 5.72. The van der Waals surface area contributed by atoms with Crippen LogP contribution < -0.4 is 15.5 Å². The second-order valence-corrected chi connectivity index (χ2v) is 8.46. The van der Waals surface area contributed by atoms with E-state index in [1.807, 2.05) is 18.2 Å². The van der Waals surface area contributed by atoms with Crippen molar-refractivity contribution in [2.45, 2.75) is 26.7 Å². The first-order chi connectivity index (χ1) is 16.1. The molecule has 4 aromatic rings. The van der Waals surface area contributed by atoms with Gasteiger partial charge in [0.25, 0.3) is 0 Å². The van der Waals surface area contributed by atoms with Gasteiger partial charge in [0.15, 0.2) is 5.11 Å². The number of hydrogen-bond acceptors (Lipinski definition) is 2. The number of nitrogens with one attached hydrogen (secondary N) is 3. The van der Waals surface area contributed by atoms with E-state index < -0.39 is 0 Å². The maximum atomic E-state index is 14.1. The second-order valence-electron chi connectivity index (χ2n) is 8.05. The Balaban J connectivity index is 1.72. The van der Waals surface area contributed by atoms with Gasteiger partial charge in [-0.1, -0.05) is 56.3 Å².